The predicted molar refractivity (Wildman–Crippen MR) is 87.6 cm³/mol. The molecule has 0 N–H and O–H groups in total. The van der Waals surface area contributed by atoms with Crippen LogP contribution < -0.4 is 0 Å². The molecule has 118 valence electrons. The third-order valence-corrected chi connectivity index (χ3v) is 8.46. The van der Waals surface area contributed by atoms with Crippen molar-refractivity contribution in [1.82, 2.24) is 4.31 Å². The van der Waals surface area contributed by atoms with Crippen LogP contribution in [0.15, 0.2) is 16.3 Å². The largest absolute Gasteiger partial charge is 0.252 e. The van der Waals surface area contributed by atoms with E-state index in [-0.39, 0.29) is 6.04 Å². The summed E-state index contributed by atoms with van der Waals surface area (Å²) in [6.45, 7) is 0.687. The highest BCUT2D eigenvalue weighted by molar-refractivity contribution is 7.91. The van der Waals surface area contributed by atoms with E-state index in [2.05, 4.69) is 0 Å². The van der Waals surface area contributed by atoms with Crippen LogP contribution >= 0.6 is 22.9 Å². The number of piperidine rings is 1. The van der Waals surface area contributed by atoms with Crippen LogP contribution in [-0.4, -0.2) is 31.2 Å². The molecule has 1 aromatic rings. The average Bonchev–Trinajstić information content (AvgIpc) is 2.96. The van der Waals surface area contributed by atoms with Gasteiger partial charge in [0, 0.05) is 23.3 Å². The first-order chi connectivity index (χ1) is 10.1. The highest BCUT2D eigenvalue weighted by atomic mass is 35.5. The van der Waals surface area contributed by atoms with E-state index in [1.165, 1.54) is 30.6 Å². The van der Waals surface area contributed by atoms with E-state index < -0.39 is 10.0 Å². The Bertz CT molecular complexity index is 582. The minimum atomic E-state index is -3.32. The number of rotatable bonds is 4. The molecule has 6 heteroatoms. The lowest BCUT2D eigenvalue weighted by Crippen LogP contribution is -2.49. The van der Waals surface area contributed by atoms with E-state index in [9.17, 15) is 8.42 Å². The van der Waals surface area contributed by atoms with Crippen LogP contribution in [0, 0.1) is 5.92 Å². The smallest absolute Gasteiger partial charge is 0.206 e. The summed E-state index contributed by atoms with van der Waals surface area (Å²) in [4.78, 5) is 1.06. The molecule has 1 saturated carbocycles. The van der Waals surface area contributed by atoms with Crippen LogP contribution in [0.4, 0.5) is 0 Å². The fourth-order valence-corrected chi connectivity index (χ4v) is 7.27. The molecule has 0 spiro atoms. The van der Waals surface area contributed by atoms with Crippen LogP contribution in [0.25, 0.3) is 0 Å². The Hall–Kier alpha value is -0.100. The summed E-state index contributed by atoms with van der Waals surface area (Å²) in [7, 11) is -3.32. The maximum atomic E-state index is 13.0. The van der Waals surface area contributed by atoms with Gasteiger partial charge in [-0.15, -0.1) is 22.9 Å². The maximum absolute atomic E-state index is 13.0. The highest BCUT2D eigenvalue weighted by Gasteiger charge is 2.40. The Kier molecular flexibility index (Phi) is 4.94. The van der Waals surface area contributed by atoms with E-state index in [0.29, 0.717) is 22.6 Å². The summed E-state index contributed by atoms with van der Waals surface area (Å²) in [6, 6.07) is 3.90. The zero-order valence-corrected chi connectivity index (χ0v) is 14.5. The number of alkyl halides is 1. The predicted octanol–water partition coefficient (Wildman–Crippen LogP) is 3.87. The quantitative estimate of drug-likeness (QED) is 0.775. The van der Waals surface area contributed by atoms with Gasteiger partial charge in [-0.2, -0.15) is 4.31 Å². The van der Waals surface area contributed by atoms with Crippen LogP contribution in [0.2, 0.25) is 0 Å². The Labute approximate surface area is 136 Å². The van der Waals surface area contributed by atoms with Crippen molar-refractivity contribution < 1.29 is 8.42 Å². The van der Waals surface area contributed by atoms with Gasteiger partial charge >= 0.3 is 0 Å². The van der Waals surface area contributed by atoms with Crippen LogP contribution in [0.1, 0.15) is 43.4 Å². The van der Waals surface area contributed by atoms with Gasteiger partial charge in [-0.3, -0.25) is 0 Å². The second-order valence-corrected chi connectivity index (χ2v) is 9.69. The Balaban J connectivity index is 1.85. The van der Waals surface area contributed by atoms with Gasteiger partial charge in [-0.1, -0.05) is 12.8 Å². The summed E-state index contributed by atoms with van der Waals surface area (Å²) in [6.07, 6.45) is 7.58. The SMILES string of the molecule is O=S(=O)(c1ccc(CCCl)s1)N1CCCC2CCCCC21. The maximum Gasteiger partial charge on any atom is 0.252 e. The van der Waals surface area contributed by atoms with Gasteiger partial charge in [0.25, 0.3) is 10.0 Å². The third-order valence-electron chi connectivity index (χ3n) is 4.73. The molecule has 1 aliphatic heterocycles. The number of sulfonamides is 1. The lowest BCUT2D eigenvalue weighted by atomic mass is 9.79. The van der Waals surface area contributed by atoms with Gasteiger partial charge in [-0.25, -0.2) is 8.42 Å². The van der Waals surface area contributed by atoms with Gasteiger partial charge in [0.15, 0.2) is 0 Å². The first-order valence-corrected chi connectivity index (χ1v) is 10.6. The van der Waals surface area contributed by atoms with Gasteiger partial charge in [0.05, 0.1) is 0 Å². The lowest BCUT2D eigenvalue weighted by molar-refractivity contribution is 0.129. The molecule has 2 aliphatic rings. The number of nitrogens with zero attached hydrogens (tertiary/aromatic N) is 1. The Morgan fingerprint density at radius 2 is 1.95 bits per heavy atom. The van der Waals surface area contributed by atoms with E-state index in [4.69, 9.17) is 11.6 Å². The monoisotopic (exact) mass is 347 g/mol. The first-order valence-electron chi connectivity index (χ1n) is 7.79. The molecular weight excluding hydrogens is 326 g/mol. The molecule has 0 amide bonds. The summed E-state index contributed by atoms with van der Waals surface area (Å²) in [5, 5.41) is 0. The fraction of sp³-hybridized carbons (Fsp3) is 0.733. The number of hydrogen-bond acceptors (Lipinski definition) is 3. The molecule has 2 heterocycles. The molecule has 1 aliphatic carbocycles. The van der Waals surface area contributed by atoms with Crippen LogP contribution in [-0.2, 0) is 16.4 Å². The molecule has 0 aromatic carbocycles. The van der Waals surface area contributed by atoms with Crippen molar-refractivity contribution in [1.29, 1.82) is 0 Å². The van der Waals surface area contributed by atoms with E-state index in [1.807, 2.05) is 6.07 Å². The zero-order valence-electron chi connectivity index (χ0n) is 12.1. The van der Waals surface area contributed by atoms with Crippen molar-refractivity contribution in [3.8, 4) is 0 Å². The second kappa shape index (κ2) is 6.57. The van der Waals surface area contributed by atoms with Gasteiger partial charge in [0.2, 0.25) is 0 Å². The molecule has 1 saturated heterocycles. The standard InChI is InChI=1S/C15H22ClNO2S2/c16-10-9-13-7-8-15(20-13)21(18,19)17-11-3-5-12-4-1-2-6-14(12)17/h7-8,12,14H,1-6,9-11H2. The number of fused-ring (bicyclic) bond motifs is 1. The number of hydrogen-bond donors (Lipinski definition) is 0. The average molecular weight is 348 g/mol. The molecular formula is C15H22ClNO2S2. The number of thiophene rings is 1. The number of aryl methyl sites for hydroxylation is 1. The Morgan fingerprint density at radius 3 is 2.76 bits per heavy atom. The van der Waals surface area contributed by atoms with E-state index in [1.54, 1.807) is 10.4 Å². The molecule has 0 bridgehead atoms. The molecule has 0 radical (unpaired) electrons. The van der Waals surface area contributed by atoms with E-state index >= 15 is 0 Å². The fourth-order valence-electron chi connectivity index (χ4n) is 3.72. The summed E-state index contributed by atoms with van der Waals surface area (Å²) in [5.74, 6) is 1.11. The van der Waals surface area contributed by atoms with Crippen LogP contribution in [0.3, 0.4) is 0 Å². The third kappa shape index (κ3) is 3.16. The van der Waals surface area contributed by atoms with Crippen molar-refractivity contribution in [2.24, 2.45) is 5.92 Å². The molecule has 1 aromatic heterocycles. The summed E-state index contributed by atoms with van der Waals surface area (Å²) in [5.41, 5.74) is 0. The lowest BCUT2D eigenvalue weighted by Gasteiger charge is -2.42. The van der Waals surface area contributed by atoms with Crippen molar-refractivity contribution in [2.75, 3.05) is 12.4 Å². The first kappa shape index (κ1) is 15.8. The van der Waals surface area contributed by atoms with Gasteiger partial charge in [-0.05, 0) is 50.2 Å². The normalized spacial score (nSPS) is 27.5. The summed E-state index contributed by atoms with van der Waals surface area (Å²) < 4.78 is 28.2. The second-order valence-electron chi connectivity index (χ2n) is 6.03. The van der Waals surface area contributed by atoms with Crippen molar-refractivity contribution in [2.45, 2.75) is 55.2 Å². The minimum Gasteiger partial charge on any atom is -0.206 e. The zero-order chi connectivity index (χ0) is 14.9. The Morgan fingerprint density at radius 1 is 1.19 bits per heavy atom. The summed E-state index contributed by atoms with van der Waals surface area (Å²) >= 11 is 7.13. The van der Waals surface area contributed by atoms with Gasteiger partial charge < -0.3 is 0 Å². The molecule has 2 atom stereocenters. The van der Waals surface area contributed by atoms with Crippen molar-refractivity contribution in [3.05, 3.63) is 17.0 Å². The molecule has 3 rings (SSSR count). The van der Waals surface area contributed by atoms with Crippen molar-refractivity contribution in [3.63, 3.8) is 0 Å². The van der Waals surface area contributed by atoms with Gasteiger partial charge in [0.1, 0.15) is 4.21 Å². The number of halogens is 1. The molecule has 2 unspecified atom stereocenters. The van der Waals surface area contributed by atoms with E-state index in [0.717, 1.165) is 30.6 Å². The van der Waals surface area contributed by atoms with Crippen molar-refractivity contribution >= 4 is 33.0 Å². The van der Waals surface area contributed by atoms with Crippen LogP contribution in [0.5, 0.6) is 0 Å². The molecule has 3 nitrogen and oxygen atoms in total. The minimum absolute atomic E-state index is 0.232. The highest BCUT2D eigenvalue weighted by Crippen LogP contribution is 2.39. The topological polar surface area (TPSA) is 37.4 Å². The molecule has 21 heavy (non-hydrogen) atoms. The molecule has 2 fully saturated rings.